The number of aromatic nitrogens is 2. The Balaban J connectivity index is 1.89. The van der Waals surface area contributed by atoms with Gasteiger partial charge in [0.15, 0.2) is 0 Å². The van der Waals surface area contributed by atoms with Crippen LogP contribution in [0.3, 0.4) is 0 Å². The summed E-state index contributed by atoms with van der Waals surface area (Å²) < 4.78 is 7.43. The lowest BCUT2D eigenvalue weighted by Crippen LogP contribution is -2.38. The molecule has 3 rings (SSSR count). The second kappa shape index (κ2) is 12.4. The van der Waals surface area contributed by atoms with Gasteiger partial charge in [-0.05, 0) is 56.2 Å². The van der Waals surface area contributed by atoms with Gasteiger partial charge >= 0.3 is 6.03 Å². The summed E-state index contributed by atoms with van der Waals surface area (Å²) in [6.07, 6.45) is 2.47. The van der Waals surface area contributed by atoms with Gasteiger partial charge in [0.05, 0.1) is 22.7 Å². The Hall–Kier alpha value is -3.90. The highest BCUT2D eigenvalue weighted by Gasteiger charge is 2.30. The Morgan fingerprint density at radius 1 is 1.16 bits per heavy atom. The molecule has 0 aliphatic rings. The van der Waals surface area contributed by atoms with Crippen molar-refractivity contribution in [1.29, 1.82) is 5.26 Å². The van der Waals surface area contributed by atoms with Crippen LogP contribution in [0.4, 0.5) is 22.1 Å². The molecule has 0 spiro atoms. The summed E-state index contributed by atoms with van der Waals surface area (Å²) in [5.41, 5.74) is 2.75. The van der Waals surface area contributed by atoms with Gasteiger partial charge in [-0.25, -0.2) is 9.78 Å². The van der Waals surface area contributed by atoms with Gasteiger partial charge in [-0.1, -0.05) is 33.3 Å². The number of hydrogen-bond acceptors (Lipinski definition) is 5. The highest BCUT2D eigenvalue weighted by Crippen LogP contribution is 2.30. The fourth-order valence-corrected chi connectivity index (χ4v) is 4.35. The number of hydrogen-bond donors (Lipinski definition) is 2. The molecule has 1 aromatic heterocycles. The van der Waals surface area contributed by atoms with E-state index in [-0.39, 0.29) is 5.91 Å². The van der Waals surface area contributed by atoms with Crippen LogP contribution in [0, 0.1) is 16.7 Å². The Morgan fingerprint density at radius 3 is 2.65 bits per heavy atom. The molecule has 0 unspecified atom stereocenters. The normalized spacial score (nSPS) is 11.2. The van der Waals surface area contributed by atoms with Crippen molar-refractivity contribution in [2.45, 2.75) is 53.5 Å². The van der Waals surface area contributed by atoms with Gasteiger partial charge in [-0.15, -0.1) is 0 Å². The first-order valence-electron chi connectivity index (χ1n) is 12.6. The van der Waals surface area contributed by atoms with Gasteiger partial charge in [0, 0.05) is 43.6 Å². The van der Waals surface area contributed by atoms with Crippen molar-refractivity contribution in [3.05, 3.63) is 48.0 Å². The lowest BCUT2D eigenvalue weighted by molar-refractivity contribution is -0.126. The van der Waals surface area contributed by atoms with Crippen LogP contribution < -0.4 is 15.5 Å². The average molecular weight is 505 g/mol. The van der Waals surface area contributed by atoms with E-state index in [4.69, 9.17) is 10.00 Å². The van der Waals surface area contributed by atoms with E-state index >= 15 is 0 Å². The van der Waals surface area contributed by atoms with Crippen LogP contribution in [0.25, 0.3) is 11.0 Å². The highest BCUT2D eigenvalue weighted by atomic mass is 16.5. The van der Waals surface area contributed by atoms with E-state index in [1.807, 2.05) is 43.5 Å². The lowest BCUT2D eigenvalue weighted by Gasteiger charge is -2.29. The number of anilines is 3. The van der Waals surface area contributed by atoms with Gasteiger partial charge in [-0.3, -0.25) is 10.1 Å². The number of amides is 3. The van der Waals surface area contributed by atoms with Gasteiger partial charge in [0.25, 0.3) is 0 Å². The second-order valence-electron chi connectivity index (χ2n) is 9.58. The van der Waals surface area contributed by atoms with E-state index in [0.717, 1.165) is 30.5 Å². The number of imidazole rings is 1. The lowest BCUT2D eigenvalue weighted by atomic mass is 9.86. The molecule has 0 aliphatic carbocycles. The van der Waals surface area contributed by atoms with E-state index in [0.29, 0.717) is 42.5 Å². The summed E-state index contributed by atoms with van der Waals surface area (Å²) >= 11 is 0. The van der Waals surface area contributed by atoms with Crippen molar-refractivity contribution in [3.63, 3.8) is 0 Å². The van der Waals surface area contributed by atoms with Crippen molar-refractivity contribution < 1.29 is 14.3 Å². The van der Waals surface area contributed by atoms with Crippen molar-refractivity contribution in [3.8, 4) is 6.07 Å². The Kier molecular flexibility index (Phi) is 9.25. The number of carbonyl (C=O) groups is 2. The quantitative estimate of drug-likeness (QED) is 0.322. The molecule has 9 heteroatoms. The molecule has 9 nitrogen and oxygen atoms in total. The molecule has 2 N–H and O–H groups in total. The average Bonchev–Trinajstić information content (AvgIpc) is 3.21. The molecule has 0 saturated heterocycles. The summed E-state index contributed by atoms with van der Waals surface area (Å²) in [6, 6.07) is 14.0. The number of benzene rings is 2. The molecular weight excluding hydrogens is 468 g/mol. The molecule has 0 atom stereocenters. The molecule has 3 amide bonds. The standard InChI is InChI=1S/C28H36N6O3/c1-6-14-28(3,4)25(35)33(5)22-12-13-24-23(18-22)31-26(34(24)15-9-16-37-7-2)32-27(36)30-21-11-8-10-20(17-21)19-29/h8,10-13,17-18H,6-7,9,14-16H2,1-5H3,(H2,30,31,32,36). The fourth-order valence-electron chi connectivity index (χ4n) is 4.35. The Bertz CT molecular complexity index is 1290. The topological polar surface area (TPSA) is 112 Å². The van der Waals surface area contributed by atoms with Gasteiger partial charge in [-0.2, -0.15) is 5.26 Å². The molecule has 1 heterocycles. The molecule has 0 fully saturated rings. The monoisotopic (exact) mass is 504 g/mol. The van der Waals surface area contributed by atoms with Crippen LogP contribution in [0.1, 0.15) is 52.5 Å². The van der Waals surface area contributed by atoms with Crippen LogP contribution in [0.5, 0.6) is 0 Å². The second-order valence-corrected chi connectivity index (χ2v) is 9.58. The summed E-state index contributed by atoms with van der Waals surface area (Å²) in [5, 5.41) is 14.7. The Labute approximate surface area is 218 Å². The van der Waals surface area contributed by atoms with Gasteiger partial charge < -0.3 is 19.5 Å². The molecule has 37 heavy (non-hydrogen) atoms. The van der Waals surface area contributed by atoms with Crippen molar-refractivity contribution in [1.82, 2.24) is 9.55 Å². The molecule has 0 bridgehead atoms. The predicted molar refractivity (Wildman–Crippen MR) is 147 cm³/mol. The minimum absolute atomic E-state index is 0.0437. The molecule has 0 saturated carbocycles. The van der Waals surface area contributed by atoms with Crippen LogP contribution in [0.15, 0.2) is 42.5 Å². The number of aryl methyl sites for hydroxylation is 1. The number of urea groups is 1. The number of carbonyl (C=O) groups excluding carboxylic acids is 2. The third-order valence-corrected chi connectivity index (χ3v) is 6.23. The number of nitrogens with zero attached hydrogens (tertiary/aromatic N) is 4. The zero-order valence-corrected chi connectivity index (χ0v) is 22.3. The molecule has 2 aromatic carbocycles. The smallest absolute Gasteiger partial charge is 0.326 e. The number of ether oxygens (including phenoxy) is 1. The maximum absolute atomic E-state index is 13.1. The van der Waals surface area contributed by atoms with E-state index in [9.17, 15) is 9.59 Å². The first-order valence-corrected chi connectivity index (χ1v) is 12.6. The summed E-state index contributed by atoms with van der Waals surface area (Å²) in [4.78, 5) is 32.3. The van der Waals surface area contributed by atoms with Crippen molar-refractivity contribution >= 4 is 40.3 Å². The maximum atomic E-state index is 13.1. The fraction of sp³-hybridized carbons (Fsp3) is 0.429. The number of nitrogens with one attached hydrogen (secondary N) is 2. The van der Waals surface area contributed by atoms with E-state index in [1.165, 1.54) is 0 Å². The first-order chi connectivity index (χ1) is 17.7. The first kappa shape index (κ1) is 27.7. The van der Waals surface area contributed by atoms with Crippen LogP contribution in [0.2, 0.25) is 0 Å². The predicted octanol–water partition coefficient (Wildman–Crippen LogP) is 5.77. The van der Waals surface area contributed by atoms with E-state index < -0.39 is 11.4 Å². The van der Waals surface area contributed by atoms with Crippen molar-refractivity contribution in [2.24, 2.45) is 5.41 Å². The number of nitriles is 1. The van der Waals surface area contributed by atoms with Crippen LogP contribution >= 0.6 is 0 Å². The minimum atomic E-state index is -0.468. The third kappa shape index (κ3) is 6.86. The zero-order chi connectivity index (χ0) is 27.0. The summed E-state index contributed by atoms with van der Waals surface area (Å²) in [7, 11) is 1.78. The van der Waals surface area contributed by atoms with Crippen LogP contribution in [-0.4, -0.2) is 41.8 Å². The molecular formula is C28H36N6O3. The van der Waals surface area contributed by atoms with Gasteiger partial charge in [0.2, 0.25) is 11.9 Å². The molecule has 3 aromatic rings. The molecule has 0 aliphatic heterocycles. The van der Waals surface area contributed by atoms with E-state index in [1.54, 1.807) is 36.2 Å². The molecule has 0 radical (unpaired) electrons. The summed E-state index contributed by atoms with van der Waals surface area (Å²) in [6.45, 7) is 9.77. The zero-order valence-electron chi connectivity index (χ0n) is 22.3. The largest absolute Gasteiger partial charge is 0.382 e. The Morgan fingerprint density at radius 2 is 1.95 bits per heavy atom. The minimum Gasteiger partial charge on any atom is -0.382 e. The van der Waals surface area contributed by atoms with Gasteiger partial charge in [0.1, 0.15) is 0 Å². The highest BCUT2D eigenvalue weighted by molar-refractivity contribution is 6.01. The summed E-state index contributed by atoms with van der Waals surface area (Å²) in [5.74, 6) is 0.431. The third-order valence-electron chi connectivity index (χ3n) is 6.23. The molecule has 196 valence electrons. The maximum Gasteiger partial charge on any atom is 0.326 e. The van der Waals surface area contributed by atoms with Crippen LogP contribution in [-0.2, 0) is 16.1 Å². The van der Waals surface area contributed by atoms with E-state index in [2.05, 4.69) is 28.6 Å². The number of fused-ring (bicyclic) bond motifs is 1. The SMILES string of the molecule is CCCC(C)(C)C(=O)N(C)c1ccc2c(c1)nc(NC(=O)Nc1cccc(C#N)c1)n2CCCOCC. The van der Waals surface area contributed by atoms with Crippen molar-refractivity contribution in [2.75, 3.05) is 35.8 Å². The number of rotatable bonds is 11.